The van der Waals surface area contributed by atoms with Crippen LogP contribution in [0.15, 0.2) is 10.6 Å². The Morgan fingerprint density at radius 1 is 1.43 bits per heavy atom. The van der Waals surface area contributed by atoms with Gasteiger partial charge in [-0.3, -0.25) is 4.79 Å². The summed E-state index contributed by atoms with van der Waals surface area (Å²) in [4.78, 5) is 19.4. The predicted octanol–water partition coefficient (Wildman–Crippen LogP) is 2.25. The van der Waals surface area contributed by atoms with Crippen molar-refractivity contribution in [1.29, 1.82) is 0 Å². The summed E-state index contributed by atoms with van der Waals surface area (Å²) in [6.45, 7) is 4.00. The summed E-state index contributed by atoms with van der Waals surface area (Å²) in [5, 5.41) is 4.74. The van der Waals surface area contributed by atoms with E-state index in [0.717, 1.165) is 49.1 Å². The molecule has 2 aliphatic rings. The maximum Gasteiger partial charge on any atom is 0.259 e. The number of aromatic nitrogens is 2. The molecule has 7 heteroatoms. The lowest BCUT2D eigenvalue weighted by Crippen LogP contribution is -2.30. The predicted molar refractivity (Wildman–Crippen MR) is 88.8 cm³/mol. The van der Waals surface area contributed by atoms with Crippen molar-refractivity contribution in [3.8, 4) is 0 Å². The minimum absolute atomic E-state index is 0. The molecule has 1 saturated carbocycles. The van der Waals surface area contributed by atoms with E-state index in [2.05, 4.69) is 10.1 Å². The normalized spacial score (nSPS) is 20.8. The van der Waals surface area contributed by atoms with Gasteiger partial charge in [0.1, 0.15) is 0 Å². The number of carbonyl (C=O) groups excluding carboxylic acids is 1. The zero-order valence-electron chi connectivity index (χ0n) is 13.1. The summed E-state index contributed by atoms with van der Waals surface area (Å²) in [6, 6.07) is 1.95. The van der Waals surface area contributed by atoms with E-state index in [1.54, 1.807) is 0 Å². The molecule has 2 aromatic rings. The van der Waals surface area contributed by atoms with Gasteiger partial charge in [0, 0.05) is 24.7 Å². The number of pyridine rings is 1. The van der Waals surface area contributed by atoms with Gasteiger partial charge >= 0.3 is 0 Å². The third-order valence-corrected chi connectivity index (χ3v) is 4.77. The maximum absolute atomic E-state index is 13.0. The first kappa shape index (κ1) is 16.2. The molecule has 0 aromatic carbocycles. The number of fused-ring (bicyclic) bond motifs is 1. The van der Waals surface area contributed by atoms with Gasteiger partial charge in [-0.05, 0) is 44.7 Å². The number of aryl methyl sites for hydroxylation is 1. The number of nitrogens with two attached hydrogens (primary N) is 1. The van der Waals surface area contributed by atoms with Crippen LogP contribution in [0.1, 0.15) is 46.9 Å². The van der Waals surface area contributed by atoms with Crippen molar-refractivity contribution in [3.05, 3.63) is 23.0 Å². The number of hydrogen-bond donors (Lipinski definition) is 1. The third kappa shape index (κ3) is 2.81. The lowest BCUT2D eigenvalue weighted by atomic mass is 10.1. The van der Waals surface area contributed by atoms with Crippen LogP contribution in [-0.4, -0.2) is 40.6 Å². The SMILES string of the molecule is Cc1noc2nc(C3CC3)cc(C(=O)N3CCC(CN)C3)c12.Cl. The minimum atomic E-state index is 0. The Morgan fingerprint density at radius 2 is 2.22 bits per heavy atom. The van der Waals surface area contributed by atoms with E-state index in [1.807, 2.05) is 17.9 Å². The van der Waals surface area contributed by atoms with Gasteiger partial charge in [0.05, 0.1) is 16.6 Å². The lowest BCUT2D eigenvalue weighted by molar-refractivity contribution is 0.0789. The molecule has 0 bridgehead atoms. The Balaban J connectivity index is 0.00000156. The first-order valence-electron chi connectivity index (χ1n) is 7.93. The summed E-state index contributed by atoms with van der Waals surface area (Å²) in [6.07, 6.45) is 3.25. The van der Waals surface area contributed by atoms with Gasteiger partial charge in [0.15, 0.2) is 0 Å². The standard InChI is InChI=1S/C16H20N4O2.ClH/c1-9-14-12(16(21)20-5-4-10(7-17)8-20)6-13(11-2-3-11)18-15(14)22-19-9;/h6,10-11H,2-5,7-8,17H2,1H3;1H. The van der Waals surface area contributed by atoms with Crippen LogP contribution in [0.3, 0.4) is 0 Å². The Labute approximate surface area is 140 Å². The average molecular weight is 337 g/mol. The minimum Gasteiger partial charge on any atom is -0.338 e. The fraction of sp³-hybridized carbons (Fsp3) is 0.562. The highest BCUT2D eigenvalue weighted by Gasteiger charge is 2.32. The highest BCUT2D eigenvalue weighted by molar-refractivity contribution is 6.06. The Kier molecular flexibility index (Phi) is 4.29. The largest absolute Gasteiger partial charge is 0.338 e. The zero-order chi connectivity index (χ0) is 15.3. The van der Waals surface area contributed by atoms with Crippen molar-refractivity contribution in [3.63, 3.8) is 0 Å². The van der Waals surface area contributed by atoms with Crippen molar-refractivity contribution in [2.24, 2.45) is 11.7 Å². The molecule has 1 aliphatic heterocycles. The molecule has 0 radical (unpaired) electrons. The Hall–Kier alpha value is -1.66. The first-order chi connectivity index (χ1) is 10.7. The molecule has 2 N–H and O–H groups in total. The van der Waals surface area contributed by atoms with Gasteiger partial charge in [-0.15, -0.1) is 12.4 Å². The molecular formula is C16H21ClN4O2. The molecule has 2 aromatic heterocycles. The van der Waals surface area contributed by atoms with Gasteiger partial charge in [-0.25, -0.2) is 4.98 Å². The van der Waals surface area contributed by atoms with Crippen molar-refractivity contribution < 1.29 is 9.32 Å². The monoisotopic (exact) mass is 336 g/mol. The number of nitrogens with zero attached hydrogens (tertiary/aromatic N) is 3. The molecule has 1 atom stereocenters. The number of halogens is 1. The van der Waals surface area contributed by atoms with E-state index in [9.17, 15) is 4.79 Å². The summed E-state index contributed by atoms with van der Waals surface area (Å²) >= 11 is 0. The van der Waals surface area contributed by atoms with E-state index < -0.39 is 0 Å². The van der Waals surface area contributed by atoms with Crippen LogP contribution in [-0.2, 0) is 0 Å². The van der Waals surface area contributed by atoms with Crippen LogP contribution >= 0.6 is 12.4 Å². The molecule has 0 spiro atoms. The highest BCUT2D eigenvalue weighted by Crippen LogP contribution is 2.40. The van der Waals surface area contributed by atoms with E-state index in [4.69, 9.17) is 10.3 Å². The van der Waals surface area contributed by atoms with Crippen LogP contribution in [0.5, 0.6) is 0 Å². The molecule has 1 amide bonds. The van der Waals surface area contributed by atoms with Crippen LogP contribution < -0.4 is 5.73 Å². The molecule has 3 heterocycles. The van der Waals surface area contributed by atoms with E-state index in [-0.39, 0.29) is 18.3 Å². The highest BCUT2D eigenvalue weighted by atomic mass is 35.5. The Bertz CT molecular complexity index is 741. The van der Waals surface area contributed by atoms with Crippen LogP contribution in [0, 0.1) is 12.8 Å². The number of likely N-dealkylation sites (tertiary alicyclic amines) is 1. The van der Waals surface area contributed by atoms with E-state index in [1.165, 1.54) is 0 Å². The fourth-order valence-electron chi connectivity index (χ4n) is 3.25. The second-order valence-electron chi connectivity index (χ2n) is 6.46. The molecule has 1 aliphatic carbocycles. The van der Waals surface area contributed by atoms with Gasteiger partial charge in [0.25, 0.3) is 11.6 Å². The summed E-state index contributed by atoms with van der Waals surface area (Å²) in [5.74, 6) is 0.932. The quantitative estimate of drug-likeness (QED) is 0.929. The maximum atomic E-state index is 13.0. The molecule has 6 nitrogen and oxygen atoms in total. The molecular weight excluding hydrogens is 316 g/mol. The van der Waals surface area contributed by atoms with E-state index in [0.29, 0.717) is 29.7 Å². The number of hydrogen-bond acceptors (Lipinski definition) is 5. The zero-order valence-corrected chi connectivity index (χ0v) is 13.9. The smallest absolute Gasteiger partial charge is 0.259 e. The van der Waals surface area contributed by atoms with Gasteiger partial charge < -0.3 is 15.2 Å². The van der Waals surface area contributed by atoms with E-state index >= 15 is 0 Å². The van der Waals surface area contributed by atoms with Gasteiger partial charge in [-0.1, -0.05) is 5.16 Å². The second kappa shape index (κ2) is 6.09. The van der Waals surface area contributed by atoms with Crippen LogP contribution in [0.4, 0.5) is 0 Å². The fourth-order valence-corrected chi connectivity index (χ4v) is 3.25. The number of amides is 1. The number of carbonyl (C=O) groups is 1. The second-order valence-corrected chi connectivity index (χ2v) is 6.46. The molecule has 1 saturated heterocycles. The van der Waals surface area contributed by atoms with Crippen molar-refractivity contribution in [2.45, 2.75) is 32.1 Å². The van der Waals surface area contributed by atoms with Crippen molar-refractivity contribution in [2.75, 3.05) is 19.6 Å². The van der Waals surface area contributed by atoms with Crippen LogP contribution in [0.25, 0.3) is 11.1 Å². The molecule has 1 unspecified atom stereocenters. The van der Waals surface area contributed by atoms with Crippen molar-refractivity contribution in [1.82, 2.24) is 15.0 Å². The average Bonchev–Trinajstić information content (AvgIpc) is 3.16. The topological polar surface area (TPSA) is 85.2 Å². The molecule has 2 fully saturated rings. The molecule has 4 rings (SSSR count). The lowest BCUT2D eigenvalue weighted by Gasteiger charge is -2.17. The van der Waals surface area contributed by atoms with Crippen LogP contribution in [0.2, 0.25) is 0 Å². The van der Waals surface area contributed by atoms with Crippen molar-refractivity contribution >= 4 is 29.4 Å². The molecule has 124 valence electrons. The summed E-state index contributed by atoms with van der Waals surface area (Å²) < 4.78 is 5.31. The van der Waals surface area contributed by atoms with Gasteiger partial charge in [-0.2, -0.15) is 0 Å². The molecule has 23 heavy (non-hydrogen) atoms. The first-order valence-corrected chi connectivity index (χ1v) is 7.93. The Morgan fingerprint density at radius 3 is 2.87 bits per heavy atom. The third-order valence-electron chi connectivity index (χ3n) is 4.77. The van der Waals surface area contributed by atoms with Gasteiger partial charge in [0.2, 0.25) is 0 Å². The summed E-state index contributed by atoms with van der Waals surface area (Å²) in [7, 11) is 0. The summed E-state index contributed by atoms with van der Waals surface area (Å²) in [5.41, 5.74) is 8.59. The number of rotatable bonds is 3.